The van der Waals surface area contributed by atoms with E-state index < -0.39 is 12.4 Å². The van der Waals surface area contributed by atoms with E-state index in [1.807, 2.05) is 0 Å². The predicted octanol–water partition coefficient (Wildman–Crippen LogP) is 3.56. The van der Waals surface area contributed by atoms with E-state index in [0.29, 0.717) is 4.60 Å². The molecule has 0 fully saturated rings. The third-order valence-corrected chi connectivity index (χ3v) is 2.92. The van der Waals surface area contributed by atoms with Crippen LogP contribution in [0.4, 0.5) is 8.78 Å². The fourth-order valence-electron chi connectivity index (χ4n) is 1.08. The SMILES string of the molecule is CCOC(=O)c1cc(Br)nc(I)c1C(F)F. The molecule has 1 aromatic rings. The monoisotopic (exact) mass is 405 g/mol. The molecule has 0 saturated heterocycles. The summed E-state index contributed by atoms with van der Waals surface area (Å²) in [6.45, 7) is 1.75. The Morgan fingerprint density at radius 1 is 1.69 bits per heavy atom. The maximum Gasteiger partial charge on any atom is 0.338 e. The van der Waals surface area contributed by atoms with Crippen LogP contribution >= 0.6 is 38.5 Å². The summed E-state index contributed by atoms with van der Waals surface area (Å²) in [7, 11) is 0. The minimum Gasteiger partial charge on any atom is -0.462 e. The highest BCUT2D eigenvalue weighted by molar-refractivity contribution is 14.1. The van der Waals surface area contributed by atoms with Crippen LogP contribution in [0.5, 0.6) is 0 Å². The number of carbonyl (C=O) groups excluding carboxylic acids is 1. The van der Waals surface area contributed by atoms with E-state index in [1.54, 1.807) is 29.5 Å². The smallest absolute Gasteiger partial charge is 0.338 e. The molecule has 0 aliphatic heterocycles. The van der Waals surface area contributed by atoms with Crippen molar-refractivity contribution in [1.29, 1.82) is 0 Å². The average Bonchev–Trinajstić information content (AvgIpc) is 2.15. The van der Waals surface area contributed by atoms with Crippen molar-refractivity contribution in [1.82, 2.24) is 4.98 Å². The Morgan fingerprint density at radius 3 is 2.81 bits per heavy atom. The van der Waals surface area contributed by atoms with Gasteiger partial charge in [0.25, 0.3) is 6.43 Å². The molecule has 0 aliphatic rings. The summed E-state index contributed by atoms with van der Waals surface area (Å²) in [6, 6.07) is 1.24. The van der Waals surface area contributed by atoms with Crippen LogP contribution in [0.1, 0.15) is 29.3 Å². The largest absolute Gasteiger partial charge is 0.462 e. The van der Waals surface area contributed by atoms with Crippen molar-refractivity contribution in [2.24, 2.45) is 0 Å². The fourth-order valence-corrected chi connectivity index (χ4v) is 2.60. The van der Waals surface area contributed by atoms with Crippen molar-refractivity contribution in [2.45, 2.75) is 13.3 Å². The average molecular weight is 406 g/mol. The molecule has 1 rings (SSSR count). The molecule has 1 heterocycles. The number of pyridine rings is 1. The highest BCUT2D eigenvalue weighted by atomic mass is 127. The van der Waals surface area contributed by atoms with Crippen LogP contribution in [0.15, 0.2) is 10.7 Å². The second-order valence-electron chi connectivity index (χ2n) is 2.72. The molecule has 1 aromatic heterocycles. The zero-order valence-corrected chi connectivity index (χ0v) is 11.9. The van der Waals surface area contributed by atoms with Gasteiger partial charge in [0.1, 0.15) is 8.30 Å². The molecule has 16 heavy (non-hydrogen) atoms. The number of hydrogen-bond donors (Lipinski definition) is 0. The third kappa shape index (κ3) is 3.09. The van der Waals surface area contributed by atoms with Crippen molar-refractivity contribution in [3.63, 3.8) is 0 Å². The van der Waals surface area contributed by atoms with Crippen LogP contribution in [0, 0.1) is 3.70 Å². The number of aromatic nitrogens is 1. The first-order chi connectivity index (χ1) is 7.47. The number of nitrogens with zero attached hydrogens (tertiary/aromatic N) is 1. The summed E-state index contributed by atoms with van der Waals surface area (Å²) in [5.41, 5.74) is -0.537. The number of carbonyl (C=O) groups is 1. The summed E-state index contributed by atoms with van der Waals surface area (Å²) in [5.74, 6) is -0.765. The van der Waals surface area contributed by atoms with E-state index in [-0.39, 0.29) is 21.4 Å². The Morgan fingerprint density at radius 2 is 2.31 bits per heavy atom. The molecular weight excluding hydrogens is 399 g/mol. The van der Waals surface area contributed by atoms with Gasteiger partial charge < -0.3 is 4.74 Å². The first-order valence-electron chi connectivity index (χ1n) is 4.28. The Kier molecular flexibility index (Phi) is 5.03. The molecule has 3 nitrogen and oxygen atoms in total. The lowest BCUT2D eigenvalue weighted by molar-refractivity contribution is 0.0514. The van der Waals surface area contributed by atoms with Gasteiger partial charge in [0, 0.05) is 0 Å². The normalized spacial score (nSPS) is 10.6. The number of hydrogen-bond acceptors (Lipinski definition) is 3. The zero-order valence-electron chi connectivity index (χ0n) is 8.14. The lowest BCUT2D eigenvalue weighted by Gasteiger charge is -2.10. The summed E-state index contributed by atoms with van der Waals surface area (Å²) in [5, 5.41) is 0. The highest BCUT2D eigenvalue weighted by Crippen LogP contribution is 2.29. The second-order valence-corrected chi connectivity index (χ2v) is 4.55. The van der Waals surface area contributed by atoms with E-state index in [0.717, 1.165) is 0 Å². The molecule has 0 bridgehead atoms. The van der Waals surface area contributed by atoms with Gasteiger partial charge in [-0.05, 0) is 51.5 Å². The van der Waals surface area contributed by atoms with Crippen molar-refractivity contribution < 1.29 is 18.3 Å². The van der Waals surface area contributed by atoms with Crippen molar-refractivity contribution in [2.75, 3.05) is 6.61 Å². The minimum absolute atomic E-state index is 0.0880. The molecule has 0 aliphatic carbocycles. The molecule has 0 atom stereocenters. The summed E-state index contributed by atoms with van der Waals surface area (Å²) < 4.78 is 30.6. The van der Waals surface area contributed by atoms with Gasteiger partial charge in [-0.2, -0.15) is 0 Å². The lowest BCUT2D eigenvalue weighted by atomic mass is 10.1. The third-order valence-electron chi connectivity index (χ3n) is 1.69. The summed E-state index contributed by atoms with van der Waals surface area (Å²) in [4.78, 5) is 15.3. The highest BCUT2D eigenvalue weighted by Gasteiger charge is 2.24. The molecule has 0 amide bonds. The van der Waals surface area contributed by atoms with E-state index in [2.05, 4.69) is 20.9 Å². The molecule has 7 heteroatoms. The van der Waals surface area contributed by atoms with E-state index >= 15 is 0 Å². The van der Waals surface area contributed by atoms with E-state index in [9.17, 15) is 13.6 Å². The van der Waals surface area contributed by atoms with Gasteiger partial charge >= 0.3 is 5.97 Å². The van der Waals surface area contributed by atoms with Gasteiger partial charge in [-0.3, -0.25) is 0 Å². The van der Waals surface area contributed by atoms with Gasteiger partial charge in [0.15, 0.2) is 0 Å². The van der Waals surface area contributed by atoms with Crippen LogP contribution in [-0.4, -0.2) is 17.6 Å². The molecule has 0 unspecified atom stereocenters. The predicted molar refractivity (Wildman–Crippen MR) is 65.6 cm³/mol. The zero-order chi connectivity index (χ0) is 12.3. The topological polar surface area (TPSA) is 39.2 Å². The molecule has 0 aromatic carbocycles. The molecular formula is C9H7BrF2INO2. The summed E-state index contributed by atoms with van der Waals surface area (Å²) >= 11 is 4.71. The maximum atomic E-state index is 12.8. The molecule has 0 saturated carbocycles. The van der Waals surface area contributed by atoms with E-state index in [4.69, 9.17) is 4.74 Å². The van der Waals surface area contributed by atoms with Crippen molar-refractivity contribution >= 4 is 44.5 Å². The van der Waals surface area contributed by atoms with Gasteiger partial charge in [-0.15, -0.1) is 0 Å². The molecule has 0 N–H and O–H groups in total. The van der Waals surface area contributed by atoms with Crippen LogP contribution < -0.4 is 0 Å². The van der Waals surface area contributed by atoms with Crippen LogP contribution in [-0.2, 0) is 4.74 Å². The quantitative estimate of drug-likeness (QED) is 0.438. The Balaban J connectivity index is 3.29. The van der Waals surface area contributed by atoms with Crippen LogP contribution in [0.3, 0.4) is 0 Å². The number of halogens is 4. The second kappa shape index (κ2) is 5.85. The fraction of sp³-hybridized carbons (Fsp3) is 0.333. The van der Waals surface area contributed by atoms with Crippen LogP contribution in [0.25, 0.3) is 0 Å². The van der Waals surface area contributed by atoms with E-state index in [1.165, 1.54) is 6.07 Å². The van der Waals surface area contributed by atoms with Gasteiger partial charge in [0.2, 0.25) is 0 Å². The standard InChI is InChI=1S/C9H7BrF2INO2/c1-2-16-9(15)4-3-5(10)14-8(13)6(4)7(11)12/h3,7H,2H2,1H3. The van der Waals surface area contributed by atoms with Crippen molar-refractivity contribution in [3.05, 3.63) is 25.5 Å². The lowest BCUT2D eigenvalue weighted by Crippen LogP contribution is -2.11. The minimum atomic E-state index is -2.76. The summed E-state index contributed by atoms with van der Waals surface area (Å²) in [6.07, 6.45) is -2.76. The number of rotatable bonds is 3. The molecule has 0 radical (unpaired) electrons. The molecule has 88 valence electrons. The first-order valence-corrected chi connectivity index (χ1v) is 6.15. The maximum absolute atomic E-state index is 12.8. The van der Waals surface area contributed by atoms with Gasteiger partial charge in [0.05, 0.1) is 17.7 Å². The first kappa shape index (κ1) is 13.8. The number of esters is 1. The number of alkyl halides is 2. The van der Waals surface area contributed by atoms with Gasteiger partial charge in [-0.25, -0.2) is 18.6 Å². The van der Waals surface area contributed by atoms with Gasteiger partial charge in [-0.1, -0.05) is 0 Å². The number of ether oxygens (including phenoxy) is 1. The van der Waals surface area contributed by atoms with Crippen LogP contribution in [0.2, 0.25) is 0 Å². The Labute approximate surface area is 113 Å². The Hall–Kier alpha value is -0.310. The Bertz CT molecular complexity index is 415. The molecule has 0 spiro atoms. The van der Waals surface area contributed by atoms with Crippen molar-refractivity contribution in [3.8, 4) is 0 Å².